The van der Waals surface area contributed by atoms with Crippen LogP contribution >= 0.6 is 0 Å². The summed E-state index contributed by atoms with van der Waals surface area (Å²) in [5.41, 5.74) is 0. The number of aromatic nitrogens is 3. The average Bonchev–Trinajstić information content (AvgIpc) is 2.56. The zero-order valence-corrected chi connectivity index (χ0v) is 7.55. The zero-order valence-electron chi connectivity index (χ0n) is 6.74. The van der Waals surface area contributed by atoms with Crippen LogP contribution in [0.3, 0.4) is 0 Å². The van der Waals surface area contributed by atoms with Gasteiger partial charge in [0.2, 0.25) is 0 Å². The third-order valence-corrected chi connectivity index (χ3v) is 3.81. The molecule has 0 bridgehead atoms. The standard InChI is InChI=1S/C6H9N3O3S/c10-6-2-13(11,12)1-5(6)9-3-7-8-4-9/h3-6,10H,1-2H2/t5-,6-/m1/s1. The first-order valence-corrected chi connectivity index (χ1v) is 5.63. The predicted molar refractivity (Wildman–Crippen MR) is 43.7 cm³/mol. The molecule has 7 heteroatoms. The van der Waals surface area contributed by atoms with E-state index in [-0.39, 0.29) is 11.5 Å². The fraction of sp³-hybridized carbons (Fsp3) is 0.667. The summed E-state index contributed by atoms with van der Waals surface area (Å²) in [6.07, 6.45) is 1.98. The van der Waals surface area contributed by atoms with Gasteiger partial charge in [0.05, 0.1) is 23.7 Å². The fourth-order valence-corrected chi connectivity index (χ4v) is 3.27. The predicted octanol–water partition coefficient (Wildman–Crippen LogP) is -1.39. The second kappa shape index (κ2) is 2.78. The molecule has 6 nitrogen and oxygen atoms in total. The Kier molecular flexibility index (Phi) is 1.85. The first-order chi connectivity index (χ1) is 6.08. The van der Waals surface area contributed by atoms with E-state index < -0.39 is 22.0 Å². The van der Waals surface area contributed by atoms with E-state index in [0.29, 0.717) is 0 Å². The Morgan fingerprint density at radius 1 is 1.31 bits per heavy atom. The van der Waals surface area contributed by atoms with Crippen molar-refractivity contribution in [3.05, 3.63) is 12.7 Å². The minimum atomic E-state index is -3.10. The lowest BCUT2D eigenvalue weighted by Gasteiger charge is -2.12. The molecule has 1 aromatic rings. The number of rotatable bonds is 1. The largest absolute Gasteiger partial charge is 0.390 e. The molecule has 2 rings (SSSR count). The van der Waals surface area contributed by atoms with Crippen molar-refractivity contribution < 1.29 is 13.5 Å². The molecule has 0 aliphatic carbocycles. The van der Waals surface area contributed by atoms with Crippen LogP contribution in [0.4, 0.5) is 0 Å². The smallest absolute Gasteiger partial charge is 0.155 e. The van der Waals surface area contributed by atoms with Crippen LogP contribution in [0.5, 0.6) is 0 Å². The molecule has 0 amide bonds. The molecule has 2 heterocycles. The maximum Gasteiger partial charge on any atom is 0.155 e. The Hall–Kier alpha value is -0.950. The Morgan fingerprint density at radius 2 is 1.92 bits per heavy atom. The topological polar surface area (TPSA) is 85.1 Å². The molecule has 72 valence electrons. The number of nitrogens with zero attached hydrogens (tertiary/aromatic N) is 3. The van der Waals surface area contributed by atoms with E-state index in [1.165, 1.54) is 17.2 Å². The summed E-state index contributed by atoms with van der Waals surface area (Å²) in [7, 11) is -3.10. The van der Waals surface area contributed by atoms with Gasteiger partial charge in [0, 0.05) is 0 Å². The molecule has 1 aliphatic rings. The monoisotopic (exact) mass is 203 g/mol. The minimum Gasteiger partial charge on any atom is -0.390 e. The molecular weight excluding hydrogens is 194 g/mol. The Morgan fingerprint density at radius 3 is 2.38 bits per heavy atom. The molecule has 1 aliphatic heterocycles. The van der Waals surface area contributed by atoms with Gasteiger partial charge in [-0.15, -0.1) is 10.2 Å². The highest BCUT2D eigenvalue weighted by Gasteiger charge is 2.37. The molecule has 0 unspecified atom stereocenters. The average molecular weight is 203 g/mol. The number of aliphatic hydroxyl groups is 1. The molecule has 2 atom stereocenters. The minimum absolute atomic E-state index is 0.0355. The SMILES string of the molecule is O=S1(=O)C[C@@H](O)[C@H](n2cnnc2)C1. The van der Waals surface area contributed by atoms with Crippen molar-refractivity contribution in [3.63, 3.8) is 0 Å². The van der Waals surface area contributed by atoms with E-state index in [9.17, 15) is 13.5 Å². The number of hydrogen-bond donors (Lipinski definition) is 1. The van der Waals surface area contributed by atoms with E-state index in [4.69, 9.17) is 0 Å². The first-order valence-electron chi connectivity index (χ1n) is 3.81. The Bertz CT molecular complexity index is 385. The summed E-state index contributed by atoms with van der Waals surface area (Å²) in [6, 6.07) is -0.431. The van der Waals surface area contributed by atoms with Crippen molar-refractivity contribution in [2.75, 3.05) is 11.5 Å². The van der Waals surface area contributed by atoms with Crippen LogP contribution in [0.1, 0.15) is 6.04 Å². The lowest BCUT2D eigenvalue weighted by atomic mass is 10.2. The Labute approximate surface area is 75.1 Å². The molecule has 1 N–H and O–H groups in total. The molecule has 13 heavy (non-hydrogen) atoms. The first kappa shape index (κ1) is 8.64. The van der Waals surface area contributed by atoms with Gasteiger partial charge in [-0.05, 0) is 0 Å². The molecule has 1 saturated heterocycles. The van der Waals surface area contributed by atoms with Crippen molar-refractivity contribution >= 4 is 9.84 Å². The van der Waals surface area contributed by atoms with E-state index in [2.05, 4.69) is 10.2 Å². The highest BCUT2D eigenvalue weighted by molar-refractivity contribution is 7.91. The van der Waals surface area contributed by atoms with E-state index in [1.807, 2.05) is 0 Å². The molecular formula is C6H9N3O3S. The molecule has 1 aromatic heterocycles. The maximum absolute atomic E-state index is 11.1. The van der Waals surface area contributed by atoms with Crippen LogP contribution in [0, 0.1) is 0 Å². The highest BCUT2D eigenvalue weighted by atomic mass is 32.2. The molecule has 1 fully saturated rings. The summed E-state index contributed by atoms with van der Waals surface area (Å²) < 4.78 is 23.8. The Balaban J connectivity index is 2.28. The van der Waals surface area contributed by atoms with Gasteiger partial charge in [-0.1, -0.05) is 0 Å². The van der Waals surface area contributed by atoms with Crippen molar-refractivity contribution in [2.45, 2.75) is 12.1 Å². The van der Waals surface area contributed by atoms with Crippen molar-refractivity contribution in [3.8, 4) is 0 Å². The number of aliphatic hydroxyl groups excluding tert-OH is 1. The van der Waals surface area contributed by atoms with E-state index in [1.54, 1.807) is 0 Å². The van der Waals surface area contributed by atoms with Crippen LogP contribution < -0.4 is 0 Å². The van der Waals surface area contributed by atoms with Gasteiger partial charge in [0.15, 0.2) is 9.84 Å². The van der Waals surface area contributed by atoms with Crippen LogP contribution in [-0.2, 0) is 9.84 Å². The van der Waals surface area contributed by atoms with Crippen molar-refractivity contribution in [2.24, 2.45) is 0 Å². The van der Waals surface area contributed by atoms with Crippen molar-refractivity contribution in [1.82, 2.24) is 14.8 Å². The van der Waals surface area contributed by atoms with Gasteiger partial charge in [0.25, 0.3) is 0 Å². The van der Waals surface area contributed by atoms with Gasteiger partial charge in [-0.2, -0.15) is 0 Å². The fourth-order valence-electron chi connectivity index (χ4n) is 1.48. The van der Waals surface area contributed by atoms with Gasteiger partial charge in [0.1, 0.15) is 12.7 Å². The lowest BCUT2D eigenvalue weighted by molar-refractivity contribution is 0.153. The summed E-state index contributed by atoms with van der Waals surface area (Å²) >= 11 is 0. The normalized spacial score (nSPS) is 32.1. The lowest BCUT2D eigenvalue weighted by Crippen LogP contribution is -2.20. The van der Waals surface area contributed by atoms with Gasteiger partial charge >= 0.3 is 0 Å². The third-order valence-electron chi connectivity index (χ3n) is 2.11. The third kappa shape index (κ3) is 1.56. The molecule has 0 saturated carbocycles. The molecule has 0 aromatic carbocycles. The van der Waals surface area contributed by atoms with E-state index in [0.717, 1.165) is 0 Å². The number of hydrogen-bond acceptors (Lipinski definition) is 5. The van der Waals surface area contributed by atoms with Crippen LogP contribution in [-0.4, -0.2) is 45.9 Å². The van der Waals surface area contributed by atoms with Gasteiger partial charge in [-0.25, -0.2) is 8.42 Å². The van der Waals surface area contributed by atoms with Gasteiger partial charge < -0.3 is 9.67 Å². The molecule has 0 spiro atoms. The zero-order chi connectivity index (χ0) is 9.47. The maximum atomic E-state index is 11.1. The summed E-state index contributed by atoms with van der Waals surface area (Å²) in [4.78, 5) is 0. The number of sulfone groups is 1. The summed E-state index contributed by atoms with van der Waals surface area (Å²) in [5, 5.41) is 16.6. The van der Waals surface area contributed by atoms with Gasteiger partial charge in [-0.3, -0.25) is 0 Å². The van der Waals surface area contributed by atoms with Crippen LogP contribution in [0.15, 0.2) is 12.7 Å². The summed E-state index contributed by atoms with van der Waals surface area (Å²) in [6.45, 7) is 0. The highest BCUT2D eigenvalue weighted by Crippen LogP contribution is 2.23. The quantitative estimate of drug-likeness (QED) is 0.607. The van der Waals surface area contributed by atoms with E-state index >= 15 is 0 Å². The van der Waals surface area contributed by atoms with Crippen molar-refractivity contribution in [1.29, 1.82) is 0 Å². The second-order valence-electron chi connectivity index (χ2n) is 3.12. The summed E-state index contributed by atoms with van der Waals surface area (Å²) in [5.74, 6) is -0.206. The second-order valence-corrected chi connectivity index (χ2v) is 5.27. The van der Waals surface area contributed by atoms with Crippen LogP contribution in [0.2, 0.25) is 0 Å². The van der Waals surface area contributed by atoms with Crippen LogP contribution in [0.25, 0.3) is 0 Å². The molecule has 0 radical (unpaired) electrons.